The number of carbonyl (C=O) groups excluding carboxylic acids is 3. The third-order valence-electron chi connectivity index (χ3n) is 6.40. The SMILES string of the molecule is O=C(Nc1ccc(Cl)cc1)c1cccc(N2C(=O)[C@H]3[C@@H]4CC[C@@H](C4)[C@@H]3C2=O)c1. The van der Waals surface area contributed by atoms with Gasteiger partial charge in [0.25, 0.3) is 5.91 Å². The van der Waals surface area contributed by atoms with Gasteiger partial charge in [0.2, 0.25) is 11.8 Å². The summed E-state index contributed by atoms with van der Waals surface area (Å²) < 4.78 is 0. The van der Waals surface area contributed by atoms with E-state index in [1.165, 1.54) is 4.90 Å². The molecule has 0 unspecified atom stereocenters. The fourth-order valence-corrected chi connectivity index (χ4v) is 5.31. The summed E-state index contributed by atoms with van der Waals surface area (Å²) in [5.74, 6) is -0.158. The molecule has 2 aromatic carbocycles. The first-order valence-electron chi connectivity index (χ1n) is 9.58. The minimum atomic E-state index is -0.302. The van der Waals surface area contributed by atoms with Crippen molar-refractivity contribution in [2.24, 2.45) is 23.7 Å². The summed E-state index contributed by atoms with van der Waals surface area (Å²) >= 11 is 5.87. The van der Waals surface area contributed by atoms with Crippen molar-refractivity contribution in [3.05, 3.63) is 59.1 Å². The molecule has 3 amide bonds. The fraction of sp³-hybridized carbons (Fsp3) is 0.318. The number of nitrogens with zero attached hydrogens (tertiary/aromatic N) is 1. The van der Waals surface area contributed by atoms with Gasteiger partial charge in [-0.15, -0.1) is 0 Å². The smallest absolute Gasteiger partial charge is 0.255 e. The molecular formula is C22H19ClN2O3. The lowest BCUT2D eigenvalue weighted by molar-refractivity contribution is -0.123. The van der Waals surface area contributed by atoms with Crippen LogP contribution in [-0.2, 0) is 9.59 Å². The molecule has 1 aliphatic heterocycles. The molecule has 1 heterocycles. The average Bonchev–Trinajstić information content (AvgIpc) is 3.37. The van der Waals surface area contributed by atoms with Crippen LogP contribution in [-0.4, -0.2) is 17.7 Å². The molecule has 0 radical (unpaired) electrons. The van der Waals surface area contributed by atoms with Crippen molar-refractivity contribution in [1.82, 2.24) is 0 Å². The molecule has 0 spiro atoms. The summed E-state index contributed by atoms with van der Waals surface area (Å²) in [5, 5.41) is 3.39. The van der Waals surface area contributed by atoms with Crippen LogP contribution in [0.3, 0.4) is 0 Å². The lowest BCUT2D eigenvalue weighted by Crippen LogP contribution is -2.33. The van der Waals surface area contributed by atoms with Crippen LogP contribution in [0.2, 0.25) is 5.02 Å². The van der Waals surface area contributed by atoms with Crippen molar-refractivity contribution >= 4 is 40.7 Å². The minimum absolute atomic E-state index is 0.0996. The van der Waals surface area contributed by atoms with E-state index in [0.717, 1.165) is 19.3 Å². The largest absolute Gasteiger partial charge is 0.322 e. The Hall–Kier alpha value is -2.66. The first-order chi connectivity index (χ1) is 13.5. The lowest BCUT2D eigenvalue weighted by Gasteiger charge is -2.19. The van der Waals surface area contributed by atoms with E-state index >= 15 is 0 Å². The highest BCUT2D eigenvalue weighted by Crippen LogP contribution is 2.56. The summed E-state index contributed by atoms with van der Waals surface area (Å²) in [6, 6.07) is 13.5. The van der Waals surface area contributed by atoms with Gasteiger partial charge in [0.1, 0.15) is 0 Å². The van der Waals surface area contributed by atoms with Crippen LogP contribution >= 0.6 is 11.6 Å². The van der Waals surface area contributed by atoms with Crippen LogP contribution in [0, 0.1) is 23.7 Å². The number of anilines is 2. The van der Waals surface area contributed by atoms with E-state index < -0.39 is 0 Å². The summed E-state index contributed by atoms with van der Waals surface area (Å²) in [6.07, 6.45) is 3.09. The first-order valence-corrected chi connectivity index (χ1v) is 9.95. The summed E-state index contributed by atoms with van der Waals surface area (Å²) in [4.78, 5) is 39.9. The van der Waals surface area contributed by atoms with E-state index in [2.05, 4.69) is 5.32 Å². The highest BCUT2D eigenvalue weighted by Gasteiger charge is 2.61. The summed E-state index contributed by atoms with van der Waals surface area (Å²) in [7, 11) is 0. The molecule has 2 aliphatic carbocycles. The minimum Gasteiger partial charge on any atom is -0.322 e. The molecule has 6 heteroatoms. The van der Waals surface area contributed by atoms with Gasteiger partial charge in [-0.3, -0.25) is 19.3 Å². The zero-order chi connectivity index (χ0) is 19.4. The molecule has 3 fully saturated rings. The Labute approximate surface area is 167 Å². The molecule has 1 N–H and O–H groups in total. The molecule has 0 aromatic heterocycles. The van der Waals surface area contributed by atoms with Gasteiger partial charge in [0.15, 0.2) is 0 Å². The molecule has 2 bridgehead atoms. The van der Waals surface area contributed by atoms with E-state index in [1.807, 2.05) is 0 Å². The second kappa shape index (κ2) is 6.45. The summed E-state index contributed by atoms with van der Waals surface area (Å²) in [6.45, 7) is 0. The number of fused-ring (bicyclic) bond motifs is 5. The van der Waals surface area contributed by atoms with Crippen molar-refractivity contribution in [3.63, 3.8) is 0 Å². The molecular weight excluding hydrogens is 376 g/mol. The lowest BCUT2D eigenvalue weighted by atomic mass is 9.81. The third kappa shape index (κ3) is 2.65. The van der Waals surface area contributed by atoms with Crippen LogP contribution in [0.15, 0.2) is 48.5 Å². The number of benzene rings is 2. The Balaban J connectivity index is 1.40. The molecule has 3 aliphatic rings. The normalized spacial score (nSPS) is 28.0. The van der Waals surface area contributed by atoms with Gasteiger partial charge in [0.05, 0.1) is 17.5 Å². The van der Waals surface area contributed by atoms with Crippen molar-refractivity contribution < 1.29 is 14.4 Å². The molecule has 5 nitrogen and oxygen atoms in total. The highest BCUT2D eigenvalue weighted by molar-refractivity contribution is 6.30. The number of carbonyl (C=O) groups is 3. The van der Waals surface area contributed by atoms with E-state index in [9.17, 15) is 14.4 Å². The standard InChI is InChI=1S/C22H19ClN2O3/c23-15-6-8-16(9-7-15)24-20(26)14-2-1-3-17(11-14)25-21(27)18-12-4-5-13(10-12)19(18)22(25)28/h1-3,6-9,11-13,18-19H,4-5,10H2,(H,24,26)/t12-,13+,18-,19-/m0/s1. The number of amides is 3. The quantitative estimate of drug-likeness (QED) is 0.796. The second-order valence-electron chi connectivity index (χ2n) is 7.91. The topological polar surface area (TPSA) is 66.5 Å². The Kier molecular flexibility index (Phi) is 4.02. The molecule has 2 aromatic rings. The maximum absolute atomic E-state index is 13.0. The zero-order valence-electron chi connectivity index (χ0n) is 15.1. The van der Waals surface area contributed by atoms with E-state index in [0.29, 0.717) is 33.8 Å². The van der Waals surface area contributed by atoms with E-state index in [-0.39, 0.29) is 29.6 Å². The number of imide groups is 1. The number of halogens is 1. The second-order valence-corrected chi connectivity index (χ2v) is 8.34. The average molecular weight is 395 g/mol. The molecule has 142 valence electrons. The fourth-order valence-electron chi connectivity index (χ4n) is 5.19. The predicted molar refractivity (Wildman–Crippen MR) is 106 cm³/mol. The van der Waals surface area contributed by atoms with Gasteiger partial charge in [-0.25, -0.2) is 0 Å². The molecule has 4 atom stereocenters. The van der Waals surface area contributed by atoms with E-state index in [4.69, 9.17) is 11.6 Å². The maximum atomic E-state index is 13.0. The number of hydrogen-bond acceptors (Lipinski definition) is 3. The Morgan fingerprint density at radius 1 is 0.964 bits per heavy atom. The van der Waals surface area contributed by atoms with Gasteiger partial charge in [-0.2, -0.15) is 0 Å². The number of nitrogens with one attached hydrogen (secondary N) is 1. The third-order valence-corrected chi connectivity index (χ3v) is 6.65. The molecule has 28 heavy (non-hydrogen) atoms. The van der Waals surface area contributed by atoms with Gasteiger partial charge in [-0.1, -0.05) is 17.7 Å². The monoisotopic (exact) mass is 394 g/mol. The van der Waals surface area contributed by atoms with Crippen molar-refractivity contribution in [2.45, 2.75) is 19.3 Å². The highest BCUT2D eigenvalue weighted by atomic mass is 35.5. The Morgan fingerprint density at radius 2 is 1.61 bits per heavy atom. The zero-order valence-corrected chi connectivity index (χ0v) is 15.9. The molecule has 1 saturated heterocycles. The van der Waals surface area contributed by atoms with Crippen molar-refractivity contribution in [3.8, 4) is 0 Å². The van der Waals surface area contributed by atoms with Crippen LogP contribution in [0.4, 0.5) is 11.4 Å². The number of rotatable bonds is 3. The van der Waals surface area contributed by atoms with Gasteiger partial charge >= 0.3 is 0 Å². The van der Waals surface area contributed by atoms with Crippen molar-refractivity contribution in [2.75, 3.05) is 10.2 Å². The Bertz CT molecular complexity index is 960. The number of hydrogen-bond donors (Lipinski definition) is 1. The first kappa shape index (κ1) is 17.4. The van der Waals surface area contributed by atoms with Crippen LogP contribution < -0.4 is 10.2 Å². The predicted octanol–water partition coefficient (Wildman–Crippen LogP) is 4.13. The van der Waals surface area contributed by atoms with Crippen LogP contribution in [0.1, 0.15) is 29.6 Å². The van der Waals surface area contributed by atoms with Gasteiger partial charge in [-0.05, 0) is 73.6 Å². The van der Waals surface area contributed by atoms with E-state index in [1.54, 1.807) is 48.5 Å². The Morgan fingerprint density at radius 3 is 2.25 bits per heavy atom. The van der Waals surface area contributed by atoms with Crippen LogP contribution in [0.5, 0.6) is 0 Å². The molecule has 5 rings (SSSR count). The molecule has 2 saturated carbocycles. The van der Waals surface area contributed by atoms with Gasteiger partial charge < -0.3 is 5.32 Å². The maximum Gasteiger partial charge on any atom is 0.255 e. The van der Waals surface area contributed by atoms with Crippen LogP contribution in [0.25, 0.3) is 0 Å². The van der Waals surface area contributed by atoms with Gasteiger partial charge in [0, 0.05) is 16.3 Å². The summed E-state index contributed by atoms with van der Waals surface area (Å²) in [5.41, 5.74) is 1.50. The van der Waals surface area contributed by atoms with Crippen molar-refractivity contribution in [1.29, 1.82) is 0 Å².